The zero-order chi connectivity index (χ0) is 17.6. The van der Waals surface area contributed by atoms with E-state index < -0.39 is 0 Å². The molecule has 3 rings (SSSR count). The van der Waals surface area contributed by atoms with Gasteiger partial charge in [0.1, 0.15) is 11.6 Å². The van der Waals surface area contributed by atoms with Crippen LogP contribution in [-0.2, 0) is 18.3 Å². The first kappa shape index (κ1) is 17.6. The van der Waals surface area contributed by atoms with Crippen LogP contribution >= 0.6 is 27.7 Å². The number of hydrogen-bond donors (Lipinski definition) is 1. The second-order valence-corrected chi connectivity index (χ2v) is 7.18. The van der Waals surface area contributed by atoms with Crippen LogP contribution in [0.2, 0.25) is 0 Å². The van der Waals surface area contributed by atoms with Crippen molar-refractivity contribution in [2.45, 2.75) is 11.6 Å². The highest BCUT2D eigenvalue weighted by atomic mass is 79.9. The third-order valence-corrected chi connectivity index (χ3v) is 4.95. The third-order valence-electron chi connectivity index (χ3n) is 3.46. The molecule has 1 amide bonds. The quantitative estimate of drug-likeness (QED) is 0.622. The maximum Gasteiger partial charge on any atom is 0.236 e. The summed E-state index contributed by atoms with van der Waals surface area (Å²) in [6.07, 6.45) is 2.35. The predicted octanol–water partition coefficient (Wildman–Crippen LogP) is 3.29. The molecule has 0 aliphatic rings. The van der Waals surface area contributed by atoms with Crippen molar-refractivity contribution in [1.29, 1.82) is 0 Å². The molecule has 25 heavy (non-hydrogen) atoms. The van der Waals surface area contributed by atoms with Crippen molar-refractivity contribution in [3.63, 3.8) is 0 Å². The Morgan fingerprint density at radius 1 is 1.20 bits per heavy atom. The van der Waals surface area contributed by atoms with Crippen LogP contribution in [0.15, 0.2) is 58.3 Å². The molecule has 2 aromatic heterocycles. The van der Waals surface area contributed by atoms with Crippen LogP contribution in [0.5, 0.6) is 0 Å². The summed E-state index contributed by atoms with van der Waals surface area (Å²) in [6.45, 7) is 0. The largest absolute Gasteiger partial charge is 0.310 e. The summed E-state index contributed by atoms with van der Waals surface area (Å²) in [5.41, 5.74) is 1.17. The molecule has 0 fully saturated rings. The monoisotopic (exact) mass is 417 g/mol. The van der Waals surface area contributed by atoms with Crippen molar-refractivity contribution in [3.8, 4) is 0 Å². The number of thioether (sulfide) groups is 1. The van der Waals surface area contributed by atoms with Gasteiger partial charge in [-0.2, -0.15) is 0 Å². The van der Waals surface area contributed by atoms with Gasteiger partial charge in [-0.1, -0.05) is 42.1 Å². The zero-order valence-corrected chi connectivity index (χ0v) is 15.9. The van der Waals surface area contributed by atoms with Gasteiger partial charge < -0.3 is 9.88 Å². The van der Waals surface area contributed by atoms with Crippen LogP contribution in [0.25, 0.3) is 0 Å². The molecule has 0 aliphatic heterocycles. The second kappa shape index (κ2) is 8.26. The van der Waals surface area contributed by atoms with Gasteiger partial charge in [0.05, 0.1) is 5.75 Å². The predicted molar refractivity (Wildman–Crippen MR) is 102 cm³/mol. The molecule has 1 N–H and O–H groups in total. The second-order valence-electron chi connectivity index (χ2n) is 5.32. The number of benzene rings is 1. The number of nitrogens with zero attached hydrogens (tertiary/aromatic N) is 4. The van der Waals surface area contributed by atoms with Gasteiger partial charge in [0.25, 0.3) is 0 Å². The minimum atomic E-state index is -0.132. The first-order valence-electron chi connectivity index (χ1n) is 7.58. The van der Waals surface area contributed by atoms with E-state index in [1.807, 2.05) is 35.9 Å². The van der Waals surface area contributed by atoms with Crippen molar-refractivity contribution < 1.29 is 4.79 Å². The molecule has 128 valence electrons. The summed E-state index contributed by atoms with van der Waals surface area (Å²) in [5, 5.41) is 11.9. The van der Waals surface area contributed by atoms with E-state index >= 15 is 0 Å². The number of pyridine rings is 1. The molecule has 8 heteroatoms. The Hall–Kier alpha value is -2.19. The molecule has 0 atom stereocenters. The SMILES string of the molecule is Cn1c(Cc2ccccc2)nnc1SCC(=O)Nc1ccc(Br)cn1. The Labute approximate surface area is 158 Å². The summed E-state index contributed by atoms with van der Waals surface area (Å²) in [5.74, 6) is 1.50. The first-order chi connectivity index (χ1) is 12.1. The standard InChI is InChI=1S/C17H16BrN5OS/c1-23-15(9-12-5-3-2-4-6-12)21-22-17(23)25-11-16(24)20-14-8-7-13(18)10-19-14/h2-8,10H,9,11H2,1H3,(H,19,20,24). The molecule has 0 aliphatic carbocycles. The highest BCUT2D eigenvalue weighted by Gasteiger charge is 2.12. The van der Waals surface area contributed by atoms with Crippen molar-refractivity contribution in [1.82, 2.24) is 19.7 Å². The van der Waals surface area contributed by atoms with E-state index in [4.69, 9.17) is 0 Å². The molecule has 0 saturated heterocycles. The van der Waals surface area contributed by atoms with Gasteiger partial charge in [-0.15, -0.1) is 10.2 Å². The van der Waals surface area contributed by atoms with E-state index in [2.05, 4.69) is 48.6 Å². The number of aromatic nitrogens is 4. The highest BCUT2D eigenvalue weighted by molar-refractivity contribution is 9.10. The lowest BCUT2D eigenvalue weighted by molar-refractivity contribution is -0.113. The number of anilines is 1. The number of carbonyl (C=O) groups excluding carboxylic acids is 1. The van der Waals surface area contributed by atoms with E-state index in [-0.39, 0.29) is 11.7 Å². The van der Waals surface area contributed by atoms with Gasteiger partial charge in [-0.05, 0) is 33.6 Å². The minimum Gasteiger partial charge on any atom is -0.310 e. The van der Waals surface area contributed by atoms with Crippen LogP contribution in [0.1, 0.15) is 11.4 Å². The zero-order valence-electron chi connectivity index (χ0n) is 13.5. The molecule has 3 aromatic rings. The number of carbonyl (C=O) groups is 1. The fourth-order valence-corrected chi connectivity index (χ4v) is 3.13. The lowest BCUT2D eigenvalue weighted by atomic mass is 10.1. The third kappa shape index (κ3) is 4.90. The topological polar surface area (TPSA) is 72.7 Å². The minimum absolute atomic E-state index is 0.132. The van der Waals surface area contributed by atoms with Crippen LogP contribution in [0, 0.1) is 0 Å². The Morgan fingerprint density at radius 2 is 2.00 bits per heavy atom. The summed E-state index contributed by atoms with van der Waals surface area (Å²) < 4.78 is 2.79. The molecule has 0 bridgehead atoms. The molecular weight excluding hydrogens is 402 g/mol. The molecule has 6 nitrogen and oxygen atoms in total. The van der Waals surface area contributed by atoms with Gasteiger partial charge in [0.15, 0.2) is 5.16 Å². The summed E-state index contributed by atoms with van der Waals surface area (Å²) >= 11 is 4.66. The molecule has 0 spiro atoms. The van der Waals surface area contributed by atoms with Crippen LogP contribution in [-0.4, -0.2) is 31.4 Å². The fraction of sp³-hybridized carbons (Fsp3) is 0.176. The number of nitrogens with one attached hydrogen (secondary N) is 1. The maximum atomic E-state index is 12.0. The molecule has 1 aromatic carbocycles. The van der Waals surface area contributed by atoms with Gasteiger partial charge in [0, 0.05) is 24.1 Å². The van der Waals surface area contributed by atoms with Crippen LogP contribution in [0.3, 0.4) is 0 Å². The summed E-state index contributed by atoms with van der Waals surface area (Å²) in [6, 6.07) is 13.7. The van der Waals surface area contributed by atoms with Gasteiger partial charge in [-0.25, -0.2) is 4.98 Å². The number of rotatable bonds is 6. The van der Waals surface area contributed by atoms with Crippen molar-refractivity contribution in [2.75, 3.05) is 11.1 Å². The van der Waals surface area contributed by atoms with E-state index in [0.29, 0.717) is 17.4 Å². The van der Waals surface area contributed by atoms with Crippen LogP contribution in [0.4, 0.5) is 5.82 Å². The lowest BCUT2D eigenvalue weighted by Crippen LogP contribution is -2.15. The number of amides is 1. The summed E-state index contributed by atoms with van der Waals surface area (Å²) in [7, 11) is 1.91. The molecular formula is C17H16BrN5OS. The van der Waals surface area contributed by atoms with Gasteiger partial charge in [0.2, 0.25) is 5.91 Å². The Balaban J connectivity index is 1.56. The van der Waals surface area contributed by atoms with E-state index in [1.54, 1.807) is 12.3 Å². The van der Waals surface area contributed by atoms with Gasteiger partial charge >= 0.3 is 0 Å². The molecule has 0 radical (unpaired) electrons. The lowest BCUT2D eigenvalue weighted by Gasteiger charge is -2.05. The Morgan fingerprint density at radius 3 is 2.72 bits per heavy atom. The maximum absolute atomic E-state index is 12.0. The summed E-state index contributed by atoms with van der Waals surface area (Å²) in [4.78, 5) is 16.2. The highest BCUT2D eigenvalue weighted by Crippen LogP contribution is 2.18. The van der Waals surface area contributed by atoms with E-state index in [1.165, 1.54) is 17.3 Å². The molecule has 2 heterocycles. The fourth-order valence-electron chi connectivity index (χ4n) is 2.16. The Bertz CT molecular complexity index is 851. The smallest absolute Gasteiger partial charge is 0.236 e. The number of halogens is 1. The average Bonchev–Trinajstić information content (AvgIpc) is 2.96. The first-order valence-corrected chi connectivity index (χ1v) is 9.36. The van der Waals surface area contributed by atoms with Crippen molar-refractivity contribution in [2.24, 2.45) is 7.05 Å². The normalized spacial score (nSPS) is 10.6. The van der Waals surface area contributed by atoms with Crippen molar-refractivity contribution >= 4 is 39.4 Å². The Kier molecular flexibility index (Phi) is 5.83. The van der Waals surface area contributed by atoms with E-state index in [0.717, 1.165) is 10.3 Å². The molecule has 0 saturated carbocycles. The van der Waals surface area contributed by atoms with E-state index in [9.17, 15) is 4.79 Å². The molecule has 0 unspecified atom stereocenters. The average molecular weight is 418 g/mol. The van der Waals surface area contributed by atoms with Crippen LogP contribution < -0.4 is 5.32 Å². The van der Waals surface area contributed by atoms with Crippen molar-refractivity contribution in [3.05, 3.63) is 64.5 Å². The van der Waals surface area contributed by atoms with Gasteiger partial charge in [-0.3, -0.25) is 4.79 Å². The number of hydrogen-bond acceptors (Lipinski definition) is 5.